The van der Waals surface area contributed by atoms with Crippen LogP contribution in [0, 0.1) is 6.92 Å². The van der Waals surface area contributed by atoms with Crippen LogP contribution in [-0.2, 0) is 4.79 Å². The summed E-state index contributed by atoms with van der Waals surface area (Å²) in [5.41, 5.74) is 2.26. The highest BCUT2D eigenvalue weighted by Crippen LogP contribution is 2.27. The zero-order chi connectivity index (χ0) is 16.1. The van der Waals surface area contributed by atoms with Crippen LogP contribution in [0.15, 0.2) is 35.7 Å². The summed E-state index contributed by atoms with van der Waals surface area (Å²) in [5, 5.41) is 4.97. The normalized spacial score (nSPS) is 12.2. The maximum atomic E-state index is 12.1. The molecule has 2 aromatic rings. The average molecular weight is 317 g/mol. The average Bonchev–Trinajstić information content (AvgIpc) is 2.99. The Morgan fingerprint density at radius 3 is 2.68 bits per heavy atom. The highest BCUT2D eigenvalue weighted by molar-refractivity contribution is 7.10. The van der Waals surface area contributed by atoms with Crippen LogP contribution >= 0.6 is 11.3 Å². The quantitative estimate of drug-likeness (QED) is 0.855. The van der Waals surface area contributed by atoms with E-state index in [4.69, 9.17) is 4.74 Å². The number of hydrogen-bond acceptors (Lipinski definition) is 3. The first-order chi connectivity index (χ1) is 10.5. The van der Waals surface area contributed by atoms with E-state index in [2.05, 4.69) is 31.3 Å². The molecule has 0 bridgehead atoms. The van der Waals surface area contributed by atoms with Gasteiger partial charge in [-0.05, 0) is 48.4 Å². The van der Waals surface area contributed by atoms with Crippen molar-refractivity contribution in [1.82, 2.24) is 5.32 Å². The van der Waals surface area contributed by atoms with E-state index in [-0.39, 0.29) is 18.6 Å². The van der Waals surface area contributed by atoms with Crippen molar-refractivity contribution in [3.63, 3.8) is 0 Å². The number of rotatable bonds is 6. The Morgan fingerprint density at radius 2 is 2.05 bits per heavy atom. The molecule has 1 N–H and O–H groups in total. The molecular formula is C18H23NO2S. The minimum absolute atomic E-state index is 0.0122. The molecule has 0 aliphatic heterocycles. The van der Waals surface area contributed by atoms with E-state index in [0.717, 1.165) is 21.8 Å². The molecule has 4 heteroatoms. The van der Waals surface area contributed by atoms with Crippen LogP contribution in [0.4, 0.5) is 0 Å². The zero-order valence-electron chi connectivity index (χ0n) is 13.6. The fourth-order valence-corrected chi connectivity index (χ4v) is 3.01. The van der Waals surface area contributed by atoms with Crippen molar-refractivity contribution in [2.24, 2.45) is 0 Å². The molecule has 1 aromatic carbocycles. The molecule has 22 heavy (non-hydrogen) atoms. The number of aryl methyl sites for hydroxylation is 1. The van der Waals surface area contributed by atoms with Crippen molar-refractivity contribution in [1.29, 1.82) is 0 Å². The van der Waals surface area contributed by atoms with Gasteiger partial charge in [0.2, 0.25) is 0 Å². The molecule has 0 radical (unpaired) electrons. The lowest BCUT2D eigenvalue weighted by molar-refractivity contribution is -0.123. The molecular weight excluding hydrogens is 294 g/mol. The second kappa shape index (κ2) is 7.45. The molecule has 1 atom stereocenters. The molecule has 0 spiro atoms. The summed E-state index contributed by atoms with van der Waals surface area (Å²) in [6, 6.07) is 10.2. The minimum atomic E-state index is -0.0999. The van der Waals surface area contributed by atoms with Crippen molar-refractivity contribution in [2.75, 3.05) is 6.61 Å². The van der Waals surface area contributed by atoms with Gasteiger partial charge in [-0.1, -0.05) is 32.0 Å². The summed E-state index contributed by atoms with van der Waals surface area (Å²) in [6.45, 7) is 8.29. The van der Waals surface area contributed by atoms with E-state index < -0.39 is 0 Å². The van der Waals surface area contributed by atoms with Crippen molar-refractivity contribution >= 4 is 17.2 Å². The number of carbonyl (C=O) groups is 1. The summed E-state index contributed by atoms with van der Waals surface area (Å²) in [7, 11) is 0. The second-order valence-corrected chi connectivity index (χ2v) is 6.77. The van der Waals surface area contributed by atoms with Gasteiger partial charge in [0.1, 0.15) is 5.75 Å². The predicted molar refractivity (Wildman–Crippen MR) is 91.6 cm³/mol. The lowest BCUT2D eigenvalue weighted by atomic mass is 10.0. The van der Waals surface area contributed by atoms with Crippen molar-refractivity contribution in [2.45, 2.75) is 39.7 Å². The molecule has 0 saturated heterocycles. The van der Waals surface area contributed by atoms with Gasteiger partial charge >= 0.3 is 0 Å². The molecule has 1 amide bonds. The third-order valence-corrected chi connectivity index (χ3v) is 4.55. The largest absolute Gasteiger partial charge is 0.483 e. The Hall–Kier alpha value is -1.81. The Morgan fingerprint density at radius 1 is 1.27 bits per heavy atom. The maximum absolute atomic E-state index is 12.1. The lowest BCUT2D eigenvalue weighted by Crippen LogP contribution is -2.31. The molecule has 3 nitrogen and oxygen atoms in total. The van der Waals surface area contributed by atoms with Crippen LogP contribution in [0.1, 0.15) is 48.7 Å². The van der Waals surface area contributed by atoms with Crippen LogP contribution in [0.3, 0.4) is 0 Å². The van der Waals surface area contributed by atoms with Crippen LogP contribution in [0.2, 0.25) is 0 Å². The maximum Gasteiger partial charge on any atom is 0.258 e. The van der Waals surface area contributed by atoms with Crippen LogP contribution < -0.4 is 10.1 Å². The third-order valence-electron chi connectivity index (χ3n) is 3.50. The summed E-state index contributed by atoms with van der Waals surface area (Å²) in [5.74, 6) is 1.06. The van der Waals surface area contributed by atoms with Gasteiger partial charge < -0.3 is 10.1 Å². The van der Waals surface area contributed by atoms with Gasteiger partial charge in [-0.15, -0.1) is 11.3 Å². The fourth-order valence-electron chi connectivity index (χ4n) is 2.28. The third kappa shape index (κ3) is 4.34. The standard InChI is InChI=1S/C18H23NO2S/c1-12(2)15-8-7-13(3)10-16(15)21-11-18(20)19-14(4)17-6-5-9-22-17/h5-10,12,14H,11H2,1-4H3,(H,19,20)/t14-/m1/s1. The van der Waals surface area contributed by atoms with E-state index in [9.17, 15) is 4.79 Å². The molecule has 0 fully saturated rings. The SMILES string of the molecule is Cc1ccc(C(C)C)c(OCC(=O)N[C@H](C)c2cccs2)c1. The summed E-state index contributed by atoms with van der Waals surface area (Å²) < 4.78 is 5.75. The van der Waals surface area contributed by atoms with Crippen molar-refractivity contribution < 1.29 is 9.53 Å². The predicted octanol–water partition coefficient (Wildman–Crippen LogP) is 4.44. The number of carbonyl (C=O) groups excluding carboxylic acids is 1. The van der Waals surface area contributed by atoms with E-state index in [1.54, 1.807) is 11.3 Å². The molecule has 0 aliphatic rings. The fraction of sp³-hybridized carbons (Fsp3) is 0.389. The molecule has 0 unspecified atom stereocenters. The van der Waals surface area contributed by atoms with Crippen LogP contribution in [0.25, 0.3) is 0 Å². The van der Waals surface area contributed by atoms with E-state index >= 15 is 0 Å². The monoisotopic (exact) mass is 317 g/mol. The van der Waals surface area contributed by atoms with Gasteiger partial charge in [0.05, 0.1) is 6.04 Å². The van der Waals surface area contributed by atoms with E-state index in [0.29, 0.717) is 5.92 Å². The van der Waals surface area contributed by atoms with E-state index in [1.807, 2.05) is 37.4 Å². The lowest BCUT2D eigenvalue weighted by Gasteiger charge is -2.16. The van der Waals surface area contributed by atoms with Gasteiger partial charge in [0.15, 0.2) is 6.61 Å². The number of benzene rings is 1. The Balaban J connectivity index is 1.95. The number of thiophene rings is 1. The van der Waals surface area contributed by atoms with Gasteiger partial charge in [-0.25, -0.2) is 0 Å². The number of ether oxygens (including phenoxy) is 1. The van der Waals surface area contributed by atoms with Crippen LogP contribution in [0.5, 0.6) is 5.75 Å². The molecule has 1 heterocycles. The molecule has 2 rings (SSSR count). The number of nitrogens with one attached hydrogen (secondary N) is 1. The molecule has 118 valence electrons. The topological polar surface area (TPSA) is 38.3 Å². The Labute approximate surface area is 136 Å². The smallest absolute Gasteiger partial charge is 0.258 e. The summed E-state index contributed by atoms with van der Waals surface area (Å²) >= 11 is 1.64. The number of hydrogen-bond donors (Lipinski definition) is 1. The van der Waals surface area contributed by atoms with Crippen molar-refractivity contribution in [3.05, 3.63) is 51.7 Å². The van der Waals surface area contributed by atoms with Crippen LogP contribution in [-0.4, -0.2) is 12.5 Å². The molecule has 0 saturated carbocycles. The summed E-state index contributed by atoms with van der Waals surface area (Å²) in [6.07, 6.45) is 0. The van der Waals surface area contributed by atoms with Gasteiger partial charge in [0, 0.05) is 4.88 Å². The second-order valence-electron chi connectivity index (χ2n) is 5.79. The van der Waals surface area contributed by atoms with Gasteiger partial charge in [0.25, 0.3) is 5.91 Å². The first-order valence-corrected chi connectivity index (χ1v) is 8.41. The number of amides is 1. The first kappa shape index (κ1) is 16.6. The van der Waals surface area contributed by atoms with Gasteiger partial charge in [-0.2, -0.15) is 0 Å². The molecule has 1 aromatic heterocycles. The Bertz CT molecular complexity index is 620. The first-order valence-electron chi connectivity index (χ1n) is 7.53. The van der Waals surface area contributed by atoms with E-state index in [1.165, 1.54) is 0 Å². The van der Waals surface area contributed by atoms with Crippen molar-refractivity contribution in [3.8, 4) is 5.75 Å². The zero-order valence-corrected chi connectivity index (χ0v) is 14.4. The van der Waals surface area contributed by atoms with Gasteiger partial charge in [-0.3, -0.25) is 4.79 Å². The Kier molecular flexibility index (Phi) is 5.61. The minimum Gasteiger partial charge on any atom is -0.483 e. The molecule has 0 aliphatic carbocycles. The summed E-state index contributed by atoms with van der Waals surface area (Å²) in [4.78, 5) is 13.2. The highest BCUT2D eigenvalue weighted by atomic mass is 32.1. The highest BCUT2D eigenvalue weighted by Gasteiger charge is 2.13.